The van der Waals surface area contributed by atoms with Crippen LogP contribution in [0.5, 0.6) is 0 Å². The van der Waals surface area contributed by atoms with Gasteiger partial charge in [-0.15, -0.1) is 0 Å². The van der Waals surface area contributed by atoms with Crippen molar-refractivity contribution >= 4 is 23.5 Å². The summed E-state index contributed by atoms with van der Waals surface area (Å²) in [4.78, 5) is 52.4. The van der Waals surface area contributed by atoms with E-state index < -0.39 is 69.3 Å². The SMILES string of the molecule is CC(=O)O[C@@H]1C2C(C)(C)C(=O)C=C[C@]2(C)C2CC[C@@]3(C)[C@H](c4ccoc4)C(=O)[C@H]4O[C@]43[C@]2(C)[C@@H]1OC(C)=O. The van der Waals surface area contributed by atoms with Crippen molar-refractivity contribution in [2.24, 2.45) is 33.5 Å². The molecular weight excluding hydrogens is 488 g/mol. The molecule has 6 rings (SSSR count). The average Bonchev–Trinajstić information content (AvgIpc) is 3.30. The molecule has 2 heterocycles. The highest BCUT2D eigenvalue weighted by Crippen LogP contribution is 2.81. The Morgan fingerprint density at radius 1 is 1.03 bits per heavy atom. The number of fused-ring (bicyclic) bond motifs is 3. The van der Waals surface area contributed by atoms with Crippen LogP contribution in [0, 0.1) is 33.5 Å². The Balaban J connectivity index is 1.61. The molecule has 4 fully saturated rings. The maximum atomic E-state index is 13.9. The number of allylic oxidation sites excluding steroid dienone is 2. The van der Waals surface area contributed by atoms with Gasteiger partial charge < -0.3 is 18.6 Å². The van der Waals surface area contributed by atoms with E-state index in [-0.39, 0.29) is 17.5 Å². The first kappa shape index (κ1) is 25.5. The van der Waals surface area contributed by atoms with Crippen LogP contribution in [-0.2, 0) is 33.4 Å². The summed E-state index contributed by atoms with van der Waals surface area (Å²) in [6, 6.07) is 1.84. The van der Waals surface area contributed by atoms with Crippen molar-refractivity contribution in [3.05, 3.63) is 36.3 Å². The number of Topliss-reactive ketones (excluding diaryl/α,β-unsaturated/α-hetero) is 1. The molecule has 10 atom stereocenters. The molecule has 38 heavy (non-hydrogen) atoms. The fourth-order valence-electron chi connectivity index (χ4n) is 10.0. The van der Waals surface area contributed by atoms with Crippen molar-refractivity contribution < 1.29 is 37.8 Å². The van der Waals surface area contributed by atoms with Crippen LogP contribution in [-0.4, -0.2) is 47.4 Å². The highest BCUT2D eigenvalue weighted by Gasteiger charge is 2.91. The van der Waals surface area contributed by atoms with Gasteiger partial charge >= 0.3 is 11.9 Å². The Bertz CT molecular complexity index is 1280. The van der Waals surface area contributed by atoms with Crippen LogP contribution in [0.15, 0.2) is 35.2 Å². The number of rotatable bonds is 3. The molecule has 8 heteroatoms. The lowest BCUT2D eigenvalue weighted by atomic mass is 9.36. The zero-order valence-electron chi connectivity index (χ0n) is 23.0. The quantitative estimate of drug-likeness (QED) is 0.428. The summed E-state index contributed by atoms with van der Waals surface area (Å²) < 4.78 is 24.1. The third kappa shape index (κ3) is 2.70. The molecule has 1 spiro atoms. The van der Waals surface area contributed by atoms with Crippen molar-refractivity contribution in [3.8, 4) is 0 Å². The molecule has 0 bridgehead atoms. The zero-order valence-corrected chi connectivity index (χ0v) is 23.0. The first-order valence-electron chi connectivity index (χ1n) is 13.5. The number of ketones is 2. The third-order valence-corrected chi connectivity index (χ3v) is 11.2. The molecule has 1 saturated heterocycles. The predicted molar refractivity (Wildman–Crippen MR) is 134 cm³/mol. The number of hydrogen-bond donors (Lipinski definition) is 0. The monoisotopic (exact) mass is 524 g/mol. The Morgan fingerprint density at radius 3 is 2.32 bits per heavy atom. The van der Waals surface area contributed by atoms with Gasteiger partial charge in [-0.2, -0.15) is 0 Å². The van der Waals surface area contributed by atoms with Gasteiger partial charge in [0.1, 0.15) is 23.9 Å². The van der Waals surface area contributed by atoms with E-state index in [2.05, 4.69) is 13.8 Å². The van der Waals surface area contributed by atoms with Crippen LogP contribution in [0.25, 0.3) is 0 Å². The number of carbonyl (C=O) groups is 4. The van der Waals surface area contributed by atoms with E-state index >= 15 is 0 Å². The Morgan fingerprint density at radius 2 is 1.71 bits per heavy atom. The molecular formula is C30H36O8. The molecule has 2 unspecified atom stereocenters. The number of ether oxygens (including phenoxy) is 3. The number of epoxide rings is 1. The van der Waals surface area contributed by atoms with Crippen molar-refractivity contribution in [2.75, 3.05) is 0 Å². The van der Waals surface area contributed by atoms with Gasteiger partial charge in [0.05, 0.1) is 18.4 Å². The molecule has 204 valence electrons. The van der Waals surface area contributed by atoms with Crippen molar-refractivity contribution in [2.45, 2.75) is 91.1 Å². The summed E-state index contributed by atoms with van der Waals surface area (Å²) in [6.07, 6.45) is 5.77. The summed E-state index contributed by atoms with van der Waals surface area (Å²) in [5, 5.41) is 0. The van der Waals surface area contributed by atoms with E-state index in [4.69, 9.17) is 18.6 Å². The second-order valence-electron chi connectivity index (χ2n) is 13.3. The van der Waals surface area contributed by atoms with Crippen LogP contribution in [0.1, 0.15) is 72.8 Å². The molecule has 0 N–H and O–H groups in total. The zero-order chi connectivity index (χ0) is 27.6. The number of hydrogen-bond acceptors (Lipinski definition) is 8. The standard InChI is InChI=1S/C30H36O8/c1-15(31)36-22-23-26(3,4)19(33)9-11-27(23,5)18-8-12-28(6)20(17-10-13-35-14-17)21(34)24-30(28,38-24)29(18,7)25(22)37-16(2)32/h9-11,13-14,18,20,22-25H,8,12H2,1-7H3/t18?,20-,22-,23?,24-,25-,27-,28+,29+,30-/m1/s1. The minimum absolute atomic E-state index is 0.00311. The van der Waals surface area contributed by atoms with Crippen LogP contribution in [0.4, 0.5) is 0 Å². The van der Waals surface area contributed by atoms with Crippen LogP contribution >= 0.6 is 0 Å². The third-order valence-electron chi connectivity index (χ3n) is 11.2. The molecule has 0 amide bonds. The Kier molecular flexibility index (Phi) is 5.01. The van der Waals surface area contributed by atoms with Crippen LogP contribution < -0.4 is 0 Å². The number of carbonyl (C=O) groups excluding carboxylic acids is 4. The van der Waals surface area contributed by atoms with E-state index in [9.17, 15) is 19.2 Å². The smallest absolute Gasteiger partial charge is 0.303 e. The summed E-state index contributed by atoms with van der Waals surface area (Å²) >= 11 is 0. The van der Waals surface area contributed by atoms with Gasteiger partial charge in [-0.1, -0.05) is 40.7 Å². The molecule has 1 aromatic rings. The molecule has 8 nitrogen and oxygen atoms in total. The molecule has 0 radical (unpaired) electrons. The van der Waals surface area contributed by atoms with Crippen molar-refractivity contribution in [1.82, 2.24) is 0 Å². The van der Waals surface area contributed by atoms with Gasteiger partial charge in [0.2, 0.25) is 0 Å². The van der Waals surface area contributed by atoms with Gasteiger partial charge in [0, 0.05) is 41.6 Å². The second-order valence-corrected chi connectivity index (χ2v) is 13.3. The molecule has 1 aliphatic heterocycles. The maximum absolute atomic E-state index is 13.9. The van der Waals surface area contributed by atoms with Crippen LogP contribution in [0.2, 0.25) is 0 Å². The van der Waals surface area contributed by atoms with E-state index in [1.807, 2.05) is 32.9 Å². The minimum Gasteiger partial charge on any atom is -0.472 e. The van der Waals surface area contributed by atoms with E-state index in [1.165, 1.54) is 13.8 Å². The van der Waals surface area contributed by atoms with Gasteiger partial charge in [-0.05, 0) is 36.3 Å². The molecule has 1 aromatic heterocycles. The van der Waals surface area contributed by atoms with E-state index in [0.717, 1.165) is 12.0 Å². The lowest BCUT2D eigenvalue weighted by Gasteiger charge is -2.68. The maximum Gasteiger partial charge on any atom is 0.303 e. The normalized spacial score (nSPS) is 47.9. The van der Waals surface area contributed by atoms with Crippen molar-refractivity contribution in [3.63, 3.8) is 0 Å². The predicted octanol–water partition coefficient (Wildman–Crippen LogP) is 4.17. The summed E-state index contributed by atoms with van der Waals surface area (Å²) in [6.45, 7) is 12.7. The minimum atomic E-state index is -0.937. The fourth-order valence-corrected chi connectivity index (χ4v) is 10.0. The van der Waals surface area contributed by atoms with Gasteiger partial charge in [-0.25, -0.2) is 0 Å². The average molecular weight is 525 g/mol. The summed E-state index contributed by atoms with van der Waals surface area (Å²) in [5.74, 6) is -2.07. The lowest BCUT2D eigenvalue weighted by molar-refractivity contribution is -0.272. The van der Waals surface area contributed by atoms with Gasteiger partial charge in [0.15, 0.2) is 11.6 Å². The first-order chi connectivity index (χ1) is 17.7. The van der Waals surface area contributed by atoms with E-state index in [0.29, 0.717) is 6.42 Å². The Hall–Kier alpha value is -2.74. The van der Waals surface area contributed by atoms with Crippen molar-refractivity contribution in [1.29, 1.82) is 0 Å². The number of esters is 2. The highest BCUT2D eigenvalue weighted by atomic mass is 16.6. The molecule has 4 aliphatic carbocycles. The van der Waals surface area contributed by atoms with Gasteiger partial charge in [-0.3, -0.25) is 19.2 Å². The topological polar surface area (TPSA) is 112 Å². The fraction of sp³-hybridized carbons (Fsp3) is 0.667. The van der Waals surface area contributed by atoms with Crippen LogP contribution in [0.3, 0.4) is 0 Å². The molecule has 0 aromatic carbocycles. The Labute approximate surface area is 222 Å². The largest absolute Gasteiger partial charge is 0.472 e. The first-order valence-corrected chi connectivity index (χ1v) is 13.5. The molecule has 3 saturated carbocycles. The molecule has 5 aliphatic rings. The highest BCUT2D eigenvalue weighted by molar-refractivity contribution is 5.99. The van der Waals surface area contributed by atoms with Gasteiger partial charge in [0.25, 0.3) is 0 Å². The lowest BCUT2D eigenvalue weighted by Crippen LogP contribution is -2.75. The second kappa shape index (κ2) is 7.46. The van der Waals surface area contributed by atoms with E-state index in [1.54, 1.807) is 18.6 Å². The number of furan rings is 1. The summed E-state index contributed by atoms with van der Waals surface area (Å²) in [5.41, 5.74) is -3.08. The summed E-state index contributed by atoms with van der Waals surface area (Å²) in [7, 11) is 0.